The summed E-state index contributed by atoms with van der Waals surface area (Å²) in [6.07, 6.45) is 0. The highest BCUT2D eigenvalue weighted by Crippen LogP contribution is 2.35. The number of sulfonamides is 1. The minimum atomic E-state index is -3.75. The Balaban J connectivity index is 1.51. The van der Waals surface area contributed by atoms with Crippen LogP contribution in [-0.4, -0.2) is 14.3 Å². The summed E-state index contributed by atoms with van der Waals surface area (Å²) in [4.78, 5) is 13.2. The van der Waals surface area contributed by atoms with Crippen LogP contribution >= 0.6 is 22.9 Å². The monoisotopic (exact) mass is 470 g/mol. The maximum Gasteiger partial charge on any atom is 0.267 e. The lowest BCUT2D eigenvalue weighted by Crippen LogP contribution is -2.14. The SMILES string of the molecule is Cc1ccc(NS(=O)(=O)c2ccc(NC(=O)c3sc4ccccc4c3Cl)cc2)cc1C. The molecule has 4 aromatic rings. The molecule has 0 aliphatic heterocycles. The minimum Gasteiger partial charge on any atom is -0.321 e. The van der Waals surface area contributed by atoms with Gasteiger partial charge in [-0.1, -0.05) is 35.9 Å². The Hall–Kier alpha value is -2.87. The van der Waals surface area contributed by atoms with Crippen molar-refractivity contribution in [2.24, 2.45) is 0 Å². The van der Waals surface area contributed by atoms with E-state index in [1.54, 1.807) is 24.3 Å². The number of carbonyl (C=O) groups excluding carboxylic acids is 1. The van der Waals surface area contributed by atoms with Crippen LogP contribution in [0.2, 0.25) is 5.02 Å². The van der Waals surface area contributed by atoms with Crippen molar-refractivity contribution < 1.29 is 13.2 Å². The third kappa shape index (κ3) is 4.44. The molecule has 0 aliphatic carbocycles. The fourth-order valence-corrected chi connectivity index (χ4v) is 5.55. The number of hydrogen-bond donors (Lipinski definition) is 2. The number of halogens is 1. The highest BCUT2D eigenvalue weighted by molar-refractivity contribution is 7.92. The van der Waals surface area contributed by atoms with Gasteiger partial charge in [-0.25, -0.2) is 8.42 Å². The van der Waals surface area contributed by atoms with Crippen molar-refractivity contribution in [1.29, 1.82) is 0 Å². The van der Waals surface area contributed by atoms with E-state index in [2.05, 4.69) is 10.0 Å². The highest BCUT2D eigenvalue weighted by Gasteiger charge is 2.18. The first-order valence-electron chi connectivity index (χ1n) is 9.43. The molecule has 0 spiro atoms. The summed E-state index contributed by atoms with van der Waals surface area (Å²) in [7, 11) is -3.75. The molecule has 0 unspecified atom stereocenters. The first-order chi connectivity index (χ1) is 14.7. The molecule has 0 fully saturated rings. The zero-order valence-corrected chi connectivity index (χ0v) is 19.2. The molecule has 0 saturated carbocycles. The second kappa shape index (κ2) is 8.34. The number of benzene rings is 3. The molecule has 2 N–H and O–H groups in total. The Morgan fingerprint density at radius 3 is 2.26 bits per heavy atom. The van der Waals surface area contributed by atoms with Crippen molar-refractivity contribution in [3.8, 4) is 0 Å². The summed E-state index contributed by atoms with van der Waals surface area (Å²) in [5.41, 5.74) is 3.06. The molecule has 5 nitrogen and oxygen atoms in total. The molecular formula is C23H19ClN2O3S2. The number of rotatable bonds is 5. The standard InChI is InChI=1S/C23H19ClN2O3S2/c1-14-7-8-17(13-15(14)2)26-31(28,29)18-11-9-16(10-12-18)25-23(27)22-21(24)19-5-3-4-6-20(19)30-22/h3-13,26H,1-2H3,(H,25,27). The molecule has 1 aromatic heterocycles. The van der Waals surface area contributed by atoms with Gasteiger partial charge in [0.25, 0.3) is 15.9 Å². The zero-order valence-electron chi connectivity index (χ0n) is 16.8. The average molecular weight is 471 g/mol. The summed E-state index contributed by atoms with van der Waals surface area (Å²) in [6, 6.07) is 18.9. The summed E-state index contributed by atoms with van der Waals surface area (Å²) in [6.45, 7) is 3.89. The van der Waals surface area contributed by atoms with Gasteiger partial charge >= 0.3 is 0 Å². The Kier molecular flexibility index (Phi) is 5.75. The van der Waals surface area contributed by atoms with Crippen LogP contribution in [0.1, 0.15) is 20.8 Å². The van der Waals surface area contributed by atoms with E-state index in [4.69, 9.17) is 11.6 Å². The Morgan fingerprint density at radius 2 is 1.58 bits per heavy atom. The van der Waals surface area contributed by atoms with Crippen molar-refractivity contribution in [3.05, 3.63) is 87.8 Å². The van der Waals surface area contributed by atoms with Gasteiger partial charge in [0.1, 0.15) is 4.88 Å². The number of fused-ring (bicyclic) bond motifs is 1. The van der Waals surface area contributed by atoms with Crippen molar-refractivity contribution in [1.82, 2.24) is 0 Å². The van der Waals surface area contributed by atoms with Crippen LogP contribution in [0.3, 0.4) is 0 Å². The molecule has 0 aliphatic rings. The molecule has 0 atom stereocenters. The average Bonchev–Trinajstić information content (AvgIpc) is 3.08. The van der Waals surface area contributed by atoms with E-state index >= 15 is 0 Å². The van der Waals surface area contributed by atoms with Gasteiger partial charge in [0.05, 0.1) is 9.92 Å². The van der Waals surface area contributed by atoms with Gasteiger partial charge in [-0.3, -0.25) is 9.52 Å². The van der Waals surface area contributed by atoms with Gasteiger partial charge in [-0.15, -0.1) is 11.3 Å². The van der Waals surface area contributed by atoms with Crippen LogP contribution in [-0.2, 0) is 10.0 Å². The van der Waals surface area contributed by atoms with Gasteiger partial charge in [0.2, 0.25) is 0 Å². The Bertz CT molecular complexity index is 1390. The smallest absolute Gasteiger partial charge is 0.267 e. The Morgan fingerprint density at radius 1 is 0.903 bits per heavy atom. The summed E-state index contributed by atoms with van der Waals surface area (Å²) in [5.74, 6) is -0.338. The molecular weight excluding hydrogens is 452 g/mol. The van der Waals surface area contributed by atoms with Gasteiger partial charge in [-0.05, 0) is 67.4 Å². The van der Waals surface area contributed by atoms with Crippen molar-refractivity contribution in [2.45, 2.75) is 18.7 Å². The summed E-state index contributed by atoms with van der Waals surface area (Å²) < 4.78 is 28.9. The molecule has 1 amide bonds. The normalized spacial score (nSPS) is 11.5. The van der Waals surface area contributed by atoms with Gasteiger partial charge in [-0.2, -0.15) is 0 Å². The lowest BCUT2D eigenvalue weighted by Gasteiger charge is -2.11. The van der Waals surface area contributed by atoms with E-state index in [0.29, 0.717) is 21.3 Å². The predicted octanol–water partition coefficient (Wildman–Crippen LogP) is 6.22. The van der Waals surface area contributed by atoms with Crippen LogP contribution in [0.4, 0.5) is 11.4 Å². The molecule has 31 heavy (non-hydrogen) atoms. The minimum absolute atomic E-state index is 0.101. The van der Waals surface area contributed by atoms with E-state index in [9.17, 15) is 13.2 Å². The summed E-state index contributed by atoms with van der Waals surface area (Å²) >= 11 is 7.68. The van der Waals surface area contributed by atoms with E-state index in [1.807, 2.05) is 44.2 Å². The number of thiophene rings is 1. The molecule has 0 bridgehead atoms. The number of carbonyl (C=O) groups is 1. The van der Waals surface area contributed by atoms with Crippen molar-refractivity contribution in [2.75, 3.05) is 10.0 Å². The maximum atomic E-state index is 12.7. The number of nitrogens with one attached hydrogen (secondary N) is 2. The van der Waals surface area contributed by atoms with Crippen LogP contribution in [0.25, 0.3) is 10.1 Å². The number of amides is 1. The predicted molar refractivity (Wildman–Crippen MR) is 128 cm³/mol. The van der Waals surface area contributed by atoms with Gasteiger partial charge in [0, 0.05) is 21.5 Å². The molecule has 158 valence electrons. The zero-order chi connectivity index (χ0) is 22.2. The lowest BCUT2D eigenvalue weighted by atomic mass is 10.1. The van der Waals surface area contributed by atoms with Gasteiger partial charge < -0.3 is 5.32 Å². The van der Waals surface area contributed by atoms with E-state index in [1.165, 1.54) is 23.5 Å². The fraction of sp³-hybridized carbons (Fsp3) is 0.0870. The molecule has 3 aromatic carbocycles. The first-order valence-corrected chi connectivity index (χ1v) is 12.1. The fourth-order valence-electron chi connectivity index (χ4n) is 3.08. The van der Waals surface area contributed by atoms with Gasteiger partial charge in [0.15, 0.2) is 0 Å². The van der Waals surface area contributed by atoms with Crippen LogP contribution in [0.5, 0.6) is 0 Å². The van der Waals surface area contributed by atoms with Crippen LogP contribution in [0, 0.1) is 13.8 Å². The second-order valence-electron chi connectivity index (χ2n) is 7.12. The third-order valence-electron chi connectivity index (χ3n) is 4.92. The topological polar surface area (TPSA) is 75.3 Å². The van der Waals surface area contributed by atoms with Crippen LogP contribution in [0.15, 0.2) is 71.6 Å². The highest BCUT2D eigenvalue weighted by atomic mass is 35.5. The molecule has 1 heterocycles. The van der Waals surface area contributed by atoms with E-state index < -0.39 is 10.0 Å². The number of aryl methyl sites for hydroxylation is 2. The number of anilines is 2. The van der Waals surface area contributed by atoms with Crippen molar-refractivity contribution in [3.63, 3.8) is 0 Å². The first kappa shape index (κ1) is 21.4. The molecule has 8 heteroatoms. The molecule has 4 rings (SSSR count). The maximum absolute atomic E-state index is 12.7. The molecule has 0 saturated heterocycles. The van der Waals surface area contributed by atoms with Crippen molar-refractivity contribution >= 4 is 60.3 Å². The molecule has 0 radical (unpaired) electrons. The largest absolute Gasteiger partial charge is 0.321 e. The Labute approximate surface area is 189 Å². The summed E-state index contributed by atoms with van der Waals surface area (Å²) in [5, 5.41) is 4.02. The second-order valence-corrected chi connectivity index (χ2v) is 10.2. The lowest BCUT2D eigenvalue weighted by molar-refractivity contribution is 0.103. The number of hydrogen-bond acceptors (Lipinski definition) is 4. The van der Waals surface area contributed by atoms with E-state index in [-0.39, 0.29) is 10.8 Å². The third-order valence-corrected chi connectivity index (χ3v) is 7.99. The van der Waals surface area contributed by atoms with E-state index in [0.717, 1.165) is 21.2 Å². The van der Waals surface area contributed by atoms with Crippen LogP contribution < -0.4 is 10.0 Å². The quantitative estimate of drug-likeness (QED) is 0.363.